The molecule has 1 aliphatic carbocycles. The smallest absolute Gasteiger partial charge is 0.251 e. The van der Waals surface area contributed by atoms with Crippen LogP contribution >= 0.6 is 23.2 Å². The number of carbonyl (C=O) groups excluding carboxylic acids is 1. The first kappa shape index (κ1) is 13.7. The molecule has 1 N–H and O–H groups in total. The zero-order chi connectivity index (χ0) is 13.1. The number of rotatable bonds is 2. The van der Waals surface area contributed by atoms with Crippen LogP contribution in [0.2, 0.25) is 5.02 Å². The molecule has 1 aromatic carbocycles. The lowest BCUT2D eigenvalue weighted by Gasteiger charge is -2.26. The molecule has 0 atom stereocenters. The highest BCUT2D eigenvalue weighted by molar-refractivity contribution is 6.31. The maximum absolute atomic E-state index is 12.2. The largest absolute Gasteiger partial charge is 0.349 e. The van der Waals surface area contributed by atoms with Crippen molar-refractivity contribution in [2.24, 2.45) is 0 Å². The molecule has 1 aliphatic rings. The highest BCUT2D eigenvalue weighted by atomic mass is 35.5. The third kappa shape index (κ3) is 3.18. The topological polar surface area (TPSA) is 29.1 Å². The van der Waals surface area contributed by atoms with Crippen molar-refractivity contribution < 1.29 is 4.79 Å². The molecule has 0 aromatic heterocycles. The molecule has 0 radical (unpaired) electrons. The van der Waals surface area contributed by atoms with E-state index in [4.69, 9.17) is 23.2 Å². The quantitative estimate of drug-likeness (QED) is 0.820. The molecule has 0 aliphatic heterocycles. The Bertz CT molecular complexity index is 439. The first-order valence-corrected chi connectivity index (χ1v) is 7.09. The van der Waals surface area contributed by atoms with Crippen LogP contribution in [0.5, 0.6) is 0 Å². The van der Waals surface area contributed by atoms with Gasteiger partial charge in [0.2, 0.25) is 0 Å². The number of halogens is 2. The summed E-state index contributed by atoms with van der Waals surface area (Å²) in [6, 6.07) is 5.65. The van der Waals surface area contributed by atoms with E-state index in [0.29, 0.717) is 10.6 Å². The van der Waals surface area contributed by atoms with Crippen LogP contribution in [-0.2, 0) is 0 Å². The summed E-state index contributed by atoms with van der Waals surface area (Å²) in [6.07, 6.45) is 3.86. The van der Waals surface area contributed by atoms with E-state index in [1.54, 1.807) is 12.1 Å². The minimum absolute atomic E-state index is 0.0342. The average molecular weight is 286 g/mol. The van der Waals surface area contributed by atoms with E-state index in [0.717, 1.165) is 31.2 Å². The van der Waals surface area contributed by atoms with Gasteiger partial charge in [0, 0.05) is 22.0 Å². The van der Waals surface area contributed by atoms with E-state index < -0.39 is 0 Å². The lowest BCUT2D eigenvalue weighted by molar-refractivity contribution is 0.0927. The van der Waals surface area contributed by atoms with Crippen LogP contribution in [0.15, 0.2) is 18.2 Å². The predicted molar refractivity (Wildman–Crippen MR) is 75.6 cm³/mol. The first-order valence-electron chi connectivity index (χ1n) is 6.28. The van der Waals surface area contributed by atoms with Gasteiger partial charge in [-0.1, -0.05) is 17.7 Å². The fraction of sp³-hybridized carbons (Fsp3) is 0.500. The van der Waals surface area contributed by atoms with Gasteiger partial charge in [-0.3, -0.25) is 4.79 Å². The molecule has 1 aromatic rings. The minimum atomic E-state index is -0.0342. The van der Waals surface area contributed by atoms with Gasteiger partial charge < -0.3 is 5.32 Å². The van der Waals surface area contributed by atoms with Gasteiger partial charge in [0.15, 0.2) is 0 Å². The molecule has 0 saturated heterocycles. The molecule has 4 heteroatoms. The summed E-state index contributed by atoms with van der Waals surface area (Å²) in [7, 11) is 0. The summed E-state index contributed by atoms with van der Waals surface area (Å²) in [6.45, 7) is 1.87. The monoisotopic (exact) mass is 285 g/mol. The SMILES string of the molecule is Cc1c(Cl)cccc1C(=O)NC1CCC(Cl)CC1. The number of alkyl halides is 1. The third-order valence-corrected chi connectivity index (χ3v) is 4.35. The summed E-state index contributed by atoms with van der Waals surface area (Å²) in [5.74, 6) is -0.0342. The van der Waals surface area contributed by atoms with Crippen molar-refractivity contribution >= 4 is 29.1 Å². The summed E-state index contributed by atoms with van der Waals surface area (Å²) in [5, 5.41) is 3.97. The Kier molecular flexibility index (Phi) is 4.52. The third-order valence-electron chi connectivity index (χ3n) is 3.50. The van der Waals surface area contributed by atoms with Crippen LogP contribution in [0, 0.1) is 6.92 Å². The second kappa shape index (κ2) is 5.94. The van der Waals surface area contributed by atoms with Gasteiger partial charge in [-0.2, -0.15) is 0 Å². The second-order valence-corrected chi connectivity index (χ2v) is 5.86. The standard InChI is InChI=1S/C14H17Cl2NO/c1-9-12(3-2-4-13(9)16)14(18)17-11-7-5-10(15)6-8-11/h2-4,10-11H,5-8H2,1H3,(H,17,18). The lowest BCUT2D eigenvalue weighted by Crippen LogP contribution is -2.38. The van der Waals surface area contributed by atoms with Gasteiger partial charge in [0.1, 0.15) is 0 Å². The van der Waals surface area contributed by atoms with Crippen molar-refractivity contribution in [3.05, 3.63) is 34.3 Å². The van der Waals surface area contributed by atoms with E-state index in [-0.39, 0.29) is 17.3 Å². The number of hydrogen-bond donors (Lipinski definition) is 1. The molecular formula is C14H17Cl2NO. The summed E-state index contributed by atoms with van der Waals surface area (Å²) < 4.78 is 0. The molecule has 0 heterocycles. The van der Waals surface area contributed by atoms with E-state index in [2.05, 4.69) is 5.32 Å². The average Bonchev–Trinajstić information content (AvgIpc) is 2.35. The molecule has 0 bridgehead atoms. The zero-order valence-electron chi connectivity index (χ0n) is 10.4. The minimum Gasteiger partial charge on any atom is -0.349 e. The van der Waals surface area contributed by atoms with Gasteiger partial charge in [-0.25, -0.2) is 0 Å². The van der Waals surface area contributed by atoms with Gasteiger partial charge in [0.25, 0.3) is 5.91 Å². The van der Waals surface area contributed by atoms with E-state index in [9.17, 15) is 4.79 Å². The Hall–Kier alpha value is -0.730. The van der Waals surface area contributed by atoms with Crippen LogP contribution in [0.1, 0.15) is 41.6 Å². The van der Waals surface area contributed by atoms with Crippen molar-refractivity contribution in [1.82, 2.24) is 5.32 Å². The predicted octanol–water partition coefficient (Wildman–Crippen LogP) is 3.93. The number of benzene rings is 1. The summed E-state index contributed by atoms with van der Waals surface area (Å²) in [4.78, 5) is 12.2. The molecule has 2 rings (SSSR count). The van der Waals surface area contributed by atoms with Gasteiger partial charge >= 0.3 is 0 Å². The number of carbonyl (C=O) groups is 1. The molecular weight excluding hydrogens is 269 g/mol. The number of hydrogen-bond acceptors (Lipinski definition) is 1. The van der Waals surface area contributed by atoms with Crippen LogP contribution in [0.25, 0.3) is 0 Å². The molecule has 0 unspecified atom stereocenters. The molecule has 1 amide bonds. The van der Waals surface area contributed by atoms with E-state index in [1.165, 1.54) is 0 Å². The van der Waals surface area contributed by atoms with Gasteiger partial charge in [-0.15, -0.1) is 11.6 Å². The maximum Gasteiger partial charge on any atom is 0.251 e. The molecule has 18 heavy (non-hydrogen) atoms. The van der Waals surface area contributed by atoms with Gasteiger partial charge in [-0.05, 0) is 50.3 Å². The Balaban J connectivity index is 2.01. The van der Waals surface area contributed by atoms with Crippen molar-refractivity contribution in [2.75, 3.05) is 0 Å². The molecule has 1 saturated carbocycles. The van der Waals surface area contributed by atoms with Crippen LogP contribution < -0.4 is 5.32 Å². The first-order chi connectivity index (χ1) is 8.58. The summed E-state index contributed by atoms with van der Waals surface area (Å²) >= 11 is 12.1. The van der Waals surface area contributed by atoms with E-state index in [1.807, 2.05) is 13.0 Å². The zero-order valence-corrected chi connectivity index (χ0v) is 11.9. The van der Waals surface area contributed by atoms with Crippen LogP contribution in [0.3, 0.4) is 0 Å². The maximum atomic E-state index is 12.2. The fourth-order valence-corrected chi connectivity index (χ4v) is 2.74. The highest BCUT2D eigenvalue weighted by Crippen LogP contribution is 2.24. The Morgan fingerprint density at radius 2 is 1.94 bits per heavy atom. The Labute approximate surface area is 118 Å². The van der Waals surface area contributed by atoms with Crippen molar-refractivity contribution in [3.63, 3.8) is 0 Å². The number of amides is 1. The summed E-state index contributed by atoms with van der Waals surface area (Å²) in [5.41, 5.74) is 1.50. The lowest BCUT2D eigenvalue weighted by atomic mass is 9.94. The van der Waals surface area contributed by atoms with Crippen molar-refractivity contribution in [2.45, 2.75) is 44.0 Å². The molecule has 1 fully saturated rings. The van der Waals surface area contributed by atoms with Crippen LogP contribution in [-0.4, -0.2) is 17.3 Å². The van der Waals surface area contributed by atoms with Gasteiger partial charge in [0.05, 0.1) is 0 Å². The van der Waals surface area contributed by atoms with E-state index >= 15 is 0 Å². The fourth-order valence-electron chi connectivity index (χ4n) is 2.31. The molecule has 98 valence electrons. The normalized spacial score (nSPS) is 23.7. The molecule has 2 nitrogen and oxygen atoms in total. The second-order valence-electron chi connectivity index (χ2n) is 4.83. The van der Waals surface area contributed by atoms with Crippen molar-refractivity contribution in [1.29, 1.82) is 0 Å². The number of nitrogens with one attached hydrogen (secondary N) is 1. The molecule has 0 spiro atoms. The van der Waals surface area contributed by atoms with Crippen molar-refractivity contribution in [3.8, 4) is 0 Å². The Morgan fingerprint density at radius 3 is 2.61 bits per heavy atom. The van der Waals surface area contributed by atoms with Crippen LogP contribution in [0.4, 0.5) is 0 Å². The highest BCUT2D eigenvalue weighted by Gasteiger charge is 2.22. The Morgan fingerprint density at radius 1 is 1.28 bits per heavy atom.